The fraction of sp³-hybridized carbons (Fsp3) is 0.714. The number of piperidine rings is 1. The molecule has 0 radical (unpaired) electrons. The molecular weight excluding hydrogens is 242 g/mol. The third-order valence-electron chi connectivity index (χ3n) is 3.97. The van der Waals surface area contributed by atoms with E-state index in [-0.39, 0.29) is 5.91 Å². The van der Waals surface area contributed by atoms with E-state index in [1.807, 2.05) is 11.9 Å². The Balaban J connectivity index is 2.04. The van der Waals surface area contributed by atoms with Crippen LogP contribution in [0.4, 0.5) is 0 Å². The summed E-state index contributed by atoms with van der Waals surface area (Å²) >= 11 is 0. The van der Waals surface area contributed by atoms with Crippen molar-refractivity contribution in [3.63, 3.8) is 0 Å². The molecular formula is C14H23N3O2. The Kier molecular flexibility index (Phi) is 4.58. The second kappa shape index (κ2) is 6.19. The van der Waals surface area contributed by atoms with Crippen LogP contribution in [0.3, 0.4) is 0 Å². The minimum Gasteiger partial charge on any atom is -0.351 e. The number of nitrogens with one attached hydrogen (secondary N) is 1. The molecule has 0 aromatic carbocycles. The summed E-state index contributed by atoms with van der Waals surface area (Å²) in [6.07, 6.45) is 3.14. The van der Waals surface area contributed by atoms with Crippen LogP contribution < -0.4 is 5.32 Å². The van der Waals surface area contributed by atoms with Crippen molar-refractivity contribution in [1.29, 1.82) is 0 Å². The molecule has 1 saturated heterocycles. The highest BCUT2D eigenvalue weighted by atomic mass is 16.5. The summed E-state index contributed by atoms with van der Waals surface area (Å²) in [6.45, 7) is 5.73. The fourth-order valence-corrected chi connectivity index (χ4v) is 2.38. The van der Waals surface area contributed by atoms with Gasteiger partial charge in [0.1, 0.15) is 0 Å². The van der Waals surface area contributed by atoms with Gasteiger partial charge >= 0.3 is 0 Å². The summed E-state index contributed by atoms with van der Waals surface area (Å²) in [4.78, 5) is 14.2. The molecule has 1 fully saturated rings. The molecule has 2 heterocycles. The molecule has 2 atom stereocenters. The number of aromatic nitrogens is 1. The van der Waals surface area contributed by atoms with E-state index in [1.54, 1.807) is 6.07 Å². The van der Waals surface area contributed by atoms with Gasteiger partial charge in [0, 0.05) is 31.1 Å². The zero-order valence-corrected chi connectivity index (χ0v) is 12.0. The van der Waals surface area contributed by atoms with Gasteiger partial charge in [-0.25, -0.2) is 0 Å². The van der Waals surface area contributed by atoms with E-state index in [0.29, 0.717) is 17.7 Å². The molecule has 0 aliphatic carbocycles. The van der Waals surface area contributed by atoms with Gasteiger partial charge in [0.15, 0.2) is 0 Å². The molecule has 2 rings (SSSR count). The van der Waals surface area contributed by atoms with E-state index in [2.05, 4.69) is 24.3 Å². The minimum absolute atomic E-state index is 0.0398. The van der Waals surface area contributed by atoms with Crippen LogP contribution in [0.25, 0.3) is 0 Å². The van der Waals surface area contributed by atoms with Gasteiger partial charge in [-0.15, -0.1) is 0 Å². The largest absolute Gasteiger partial charge is 0.351 e. The second-order valence-corrected chi connectivity index (χ2v) is 5.30. The monoisotopic (exact) mass is 265 g/mol. The molecule has 1 N–H and O–H groups in total. The molecule has 5 nitrogen and oxygen atoms in total. The lowest BCUT2D eigenvalue weighted by Gasteiger charge is -2.31. The van der Waals surface area contributed by atoms with Crippen molar-refractivity contribution in [3.8, 4) is 0 Å². The summed E-state index contributed by atoms with van der Waals surface area (Å²) < 4.78 is 5.21. The number of amides is 1. The molecule has 106 valence electrons. The van der Waals surface area contributed by atoms with Crippen molar-refractivity contribution in [2.24, 2.45) is 0 Å². The van der Waals surface area contributed by atoms with Gasteiger partial charge in [-0.3, -0.25) is 4.79 Å². The highest BCUT2D eigenvalue weighted by Gasteiger charge is 2.26. The van der Waals surface area contributed by atoms with E-state index < -0.39 is 0 Å². The first kappa shape index (κ1) is 14.1. The number of carbonyl (C=O) groups is 1. The number of hydrogen-bond acceptors (Lipinski definition) is 4. The van der Waals surface area contributed by atoms with Crippen molar-refractivity contribution in [1.82, 2.24) is 15.4 Å². The number of nitrogens with zero attached hydrogens (tertiary/aromatic N) is 2. The van der Waals surface area contributed by atoms with Gasteiger partial charge in [-0.1, -0.05) is 19.0 Å². The molecule has 0 saturated carbocycles. The molecule has 2 unspecified atom stereocenters. The molecule has 1 aromatic heterocycles. The van der Waals surface area contributed by atoms with Crippen LogP contribution in [0.5, 0.6) is 0 Å². The summed E-state index contributed by atoms with van der Waals surface area (Å²) in [6, 6.07) is 2.18. The lowest BCUT2D eigenvalue weighted by Crippen LogP contribution is -2.46. The SMILES string of the molecule is CCC(C)c1cc(C(=O)N2CCCC(NC)C2)on1. The predicted octanol–water partition coefficient (Wildman–Crippen LogP) is 2.01. The van der Waals surface area contributed by atoms with Gasteiger partial charge in [-0.2, -0.15) is 0 Å². The summed E-state index contributed by atoms with van der Waals surface area (Å²) in [5.74, 6) is 0.658. The number of likely N-dealkylation sites (tertiary alicyclic amines) is 1. The van der Waals surface area contributed by atoms with Crippen molar-refractivity contribution < 1.29 is 9.32 Å². The number of rotatable bonds is 4. The Morgan fingerprint density at radius 3 is 3.16 bits per heavy atom. The van der Waals surface area contributed by atoms with Crippen LogP contribution in [-0.2, 0) is 0 Å². The predicted molar refractivity (Wildman–Crippen MR) is 73.2 cm³/mol. The van der Waals surface area contributed by atoms with E-state index in [1.165, 1.54) is 0 Å². The Morgan fingerprint density at radius 1 is 1.68 bits per heavy atom. The molecule has 1 aromatic rings. The molecule has 19 heavy (non-hydrogen) atoms. The van der Waals surface area contributed by atoms with E-state index in [9.17, 15) is 4.79 Å². The minimum atomic E-state index is -0.0398. The normalized spacial score (nSPS) is 21.4. The Morgan fingerprint density at radius 2 is 2.47 bits per heavy atom. The number of hydrogen-bond donors (Lipinski definition) is 1. The Bertz CT molecular complexity index is 430. The third kappa shape index (κ3) is 3.15. The quantitative estimate of drug-likeness (QED) is 0.904. The van der Waals surface area contributed by atoms with Crippen molar-refractivity contribution in [2.45, 2.75) is 45.1 Å². The smallest absolute Gasteiger partial charge is 0.292 e. The standard InChI is InChI=1S/C14H23N3O2/c1-4-10(2)12-8-13(19-16-12)14(18)17-7-5-6-11(9-17)15-3/h8,10-11,15H,4-7,9H2,1-3H3. The summed E-state index contributed by atoms with van der Waals surface area (Å²) in [5.41, 5.74) is 0.869. The molecule has 5 heteroatoms. The zero-order chi connectivity index (χ0) is 13.8. The average Bonchev–Trinajstić information content (AvgIpc) is 2.95. The lowest BCUT2D eigenvalue weighted by atomic mass is 10.0. The number of likely N-dealkylation sites (N-methyl/N-ethyl adjacent to an activating group) is 1. The lowest BCUT2D eigenvalue weighted by molar-refractivity contribution is 0.0656. The first-order chi connectivity index (χ1) is 9.15. The summed E-state index contributed by atoms with van der Waals surface area (Å²) in [7, 11) is 1.94. The van der Waals surface area contributed by atoms with Crippen molar-refractivity contribution in [3.05, 3.63) is 17.5 Å². The Hall–Kier alpha value is -1.36. The van der Waals surface area contributed by atoms with Crippen molar-refractivity contribution >= 4 is 5.91 Å². The average molecular weight is 265 g/mol. The molecule has 1 aliphatic heterocycles. The van der Waals surface area contributed by atoms with Crippen LogP contribution in [0.2, 0.25) is 0 Å². The zero-order valence-electron chi connectivity index (χ0n) is 12.0. The maximum atomic E-state index is 12.3. The molecule has 1 aliphatic rings. The Labute approximate surface area is 114 Å². The summed E-state index contributed by atoms with van der Waals surface area (Å²) in [5, 5.41) is 7.24. The van der Waals surface area contributed by atoms with Crippen LogP contribution in [0.1, 0.15) is 55.3 Å². The first-order valence-corrected chi connectivity index (χ1v) is 7.08. The fourth-order valence-electron chi connectivity index (χ4n) is 2.38. The van der Waals surface area contributed by atoms with Gasteiger partial charge < -0.3 is 14.7 Å². The van der Waals surface area contributed by atoms with Gasteiger partial charge in [0.25, 0.3) is 5.91 Å². The second-order valence-electron chi connectivity index (χ2n) is 5.30. The van der Waals surface area contributed by atoms with Gasteiger partial charge in [-0.05, 0) is 26.3 Å². The molecule has 0 spiro atoms. The highest BCUT2D eigenvalue weighted by molar-refractivity contribution is 5.91. The first-order valence-electron chi connectivity index (χ1n) is 7.08. The molecule has 1 amide bonds. The third-order valence-corrected chi connectivity index (χ3v) is 3.97. The van der Waals surface area contributed by atoms with Crippen molar-refractivity contribution in [2.75, 3.05) is 20.1 Å². The van der Waals surface area contributed by atoms with Crippen LogP contribution in [0, 0.1) is 0 Å². The van der Waals surface area contributed by atoms with E-state index in [4.69, 9.17) is 4.52 Å². The van der Waals surface area contributed by atoms with Crippen LogP contribution in [-0.4, -0.2) is 42.1 Å². The molecule has 0 bridgehead atoms. The maximum Gasteiger partial charge on any atom is 0.292 e. The number of carbonyl (C=O) groups excluding carboxylic acids is 1. The van der Waals surface area contributed by atoms with Crippen LogP contribution in [0.15, 0.2) is 10.6 Å². The van der Waals surface area contributed by atoms with E-state index in [0.717, 1.165) is 38.0 Å². The highest BCUT2D eigenvalue weighted by Crippen LogP contribution is 2.20. The topological polar surface area (TPSA) is 58.4 Å². The van der Waals surface area contributed by atoms with Crippen LogP contribution >= 0.6 is 0 Å². The van der Waals surface area contributed by atoms with Gasteiger partial charge in [0.2, 0.25) is 5.76 Å². The van der Waals surface area contributed by atoms with Gasteiger partial charge in [0.05, 0.1) is 5.69 Å². The van der Waals surface area contributed by atoms with E-state index >= 15 is 0 Å². The maximum absolute atomic E-state index is 12.3.